The third-order valence-electron chi connectivity index (χ3n) is 4.03. The van der Waals surface area contributed by atoms with E-state index in [1.807, 2.05) is 5.38 Å². The van der Waals surface area contributed by atoms with Crippen molar-refractivity contribution in [3.63, 3.8) is 0 Å². The average Bonchev–Trinajstić information content (AvgIpc) is 3.30. The number of carbonyl (C=O) groups excluding carboxylic acids is 3. The normalized spacial score (nSPS) is 16.7. The van der Waals surface area contributed by atoms with Crippen molar-refractivity contribution in [3.05, 3.63) is 56.7 Å². The minimum atomic E-state index is -0.618. The first-order valence-electron chi connectivity index (χ1n) is 7.86. The van der Waals surface area contributed by atoms with Gasteiger partial charge in [0.25, 0.3) is 5.91 Å². The molecule has 1 aliphatic rings. The Kier molecular flexibility index (Phi) is 5.65. The number of hydrogen-bond donors (Lipinski definition) is 0. The van der Waals surface area contributed by atoms with Gasteiger partial charge in [-0.1, -0.05) is 34.1 Å². The molecule has 7 heteroatoms. The van der Waals surface area contributed by atoms with E-state index in [1.165, 1.54) is 16.2 Å². The molecule has 3 rings (SSSR count). The Balaban J connectivity index is 1.59. The number of rotatable bonds is 5. The molecule has 1 saturated heterocycles. The quantitative estimate of drug-likeness (QED) is 0.546. The highest BCUT2D eigenvalue weighted by molar-refractivity contribution is 9.10. The molecular weight excluding hydrogens is 406 g/mol. The van der Waals surface area contributed by atoms with Gasteiger partial charge in [0.1, 0.15) is 6.04 Å². The molecule has 1 fully saturated rings. The minimum Gasteiger partial charge on any atom is -0.456 e. The second-order valence-electron chi connectivity index (χ2n) is 5.67. The number of benzene rings is 1. The Morgan fingerprint density at radius 3 is 2.64 bits per heavy atom. The van der Waals surface area contributed by atoms with Crippen LogP contribution in [0.5, 0.6) is 0 Å². The molecule has 0 bridgehead atoms. The SMILES string of the molecule is O=C(COC(=O)[C@@H]1CCCN1C(=O)c1cccs1)c1ccc(Br)cc1. The zero-order valence-electron chi connectivity index (χ0n) is 13.3. The third-order valence-corrected chi connectivity index (χ3v) is 5.42. The summed E-state index contributed by atoms with van der Waals surface area (Å²) in [5.41, 5.74) is 0.481. The highest BCUT2D eigenvalue weighted by Gasteiger charge is 2.36. The van der Waals surface area contributed by atoms with Crippen molar-refractivity contribution in [2.24, 2.45) is 0 Å². The predicted molar refractivity (Wildman–Crippen MR) is 97.8 cm³/mol. The van der Waals surface area contributed by atoms with Crippen LogP contribution in [0.3, 0.4) is 0 Å². The Labute approximate surface area is 157 Å². The van der Waals surface area contributed by atoms with Crippen LogP contribution in [0.2, 0.25) is 0 Å². The lowest BCUT2D eigenvalue weighted by molar-refractivity contribution is -0.147. The van der Waals surface area contributed by atoms with Gasteiger partial charge in [0.2, 0.25) is 0 Å². The van der Waals surface area contributed by atoms with Crippen LogP contribution < -0.4 is 0 Å². The van der Waals surface area contributed by atoms with E-state index in [-0.39, 0.29) is 18.3 Å². The number of halogens is 1. The fraction of sp³-hybridized carbons (Fsp3) is 0.278. The van der Waals surface area contributed by atoms with Crippen LogP contribution in [0, 0.1) is 0 Å². The predicted octanol–water partition coefficient (Wildman–Crippen LogP) is 3.54. The Bertz CT molecular complexity index is 773. The molecule has 1 aromatic heterocycles. The summed E-state index contributed by atoms with van der Waals surface area (Å²) in [6, 6.07) is 9.78. The maximum Gasteiger partial charge on any atom is 0.329 e. The number of likely N-dealkylation sites (tertiary alicyclic amines) is 1. The van der Waals surface area contributed by atoms with E-state index in [0.717, 1.165) is 10.9 Å². The van der Waals surface area contributed by atoms with Gasteiger partial charge in [0, 0.05) is 16.6 Å². The molecule has 2 aromatic rings. The largest absolute Gasteiger partial charge is 0.456 e. The third kappa shape index (κ3) is 4.16. The number of nitrogens with zero attached hydrogens (tertiary/aromatic N) is 1. The Hall–Kier alpha value is -1.99. The van der Waals surface area contributed by atoms with E-state index in [9.17, 15) is 14.4 Å². The van der Waals surface area contributed by atoms with Gasteiger partial charge in [-0.05, 0) is 36.4 Å². The minimum absolute atomic E-state index is 0.159. The van der Waals surface area contributed by atoms with Crippen LogP contribution in [0.4, 0.5) is 0 Å². The molecule has 5 nitrogen and oxygen atoms in total. The summed E-state index contributed by atoms with van der Waals surface area (Å²) in [6.45, 7) is 0.204. The summed E-state index contributed by atoms with van der Waals surface area (Å²) < 4.78 is 6.05. The molecule has 0 aliphatic carbocycles. The van der Waals surface area contributed by atoms with Gasteiger partial charge in [0.05, 0.1) is 4.88 Å². The summed E-state index contributed by atoms with van der Waals surface area (Å²) in [6.07, 6.45) is 1.31. The van der Waals surface area contributed by atoms with Gasteiger partial charge in [0.15, 0.2) is 12.4 Å². The fourth-order valence-corrected chi connectivity index (χ4v) is 3.69. The van der Waals surface area contributed by atoms with E-state index in [0.29, 0.717) is 23.4 Å². The number of thiophene rings is 1. The molecule has 0 spiro atoms. The van der Waals surface area contributed by atoms with Gasteiger partial charge in [-0.25, -0.2) is 4.79 Å². The molecule has 0 unspecified atom stereocenters. The highest BCUT2D eigenvalue weighted by Crippen LogP contribution is 2.23. The van der Waals surface area contributed by atoms with Crippen molar-refractivity contribution in [3.8, 4) is 0 Å². The molecule has 130 valence electrons. The number of ether oxygens (including phenoxy) is 1. The number of Topliss-reactive ketones (excluding diaryl/α,β-unsaturated/α-hetero) is 1. The lowest BCUT2D eigenvalue weighted by Gasteiger charge is -2.22. The fourth-order valence-electron chi connectivity index (χ4n) is 2.75. The number of carbonyl (C=O) groups is 3. The average molecular weight is 422 g/mol. The van der Waals surface area contributed by atoms with Crippen molar-refractivity contribution < 1.29 is 19.1 Å². The van der Waals surface area contributed by atoms with Crippen molar-refractivity contribution in [2.45, 2.75) is 18.9 Å². The van der Waals surface area contributed by atoms with Crippen molar-refractivity contribution in [2.75, 3.05) is 13.2 Å². The summed E-state index contributed by atoms with van der Waals surface area (Å²) >= 11 is 4.65. The first-order chi connectivity index (χ1) is 12.1. The Morgan fingerprint density at radius 2 is 1.96 bits per heavy atom. The monoisotopic (exact) mass is 421 g/mol. The maximum absolute atomic E-state index is 12.5. The van der Waals surface area contributed by atoms with Crippen LogP contribution in [-0.2, 0) is 9.53 Å². The van der Waals surface area contributed by atoms with E-state index in [4.69, 9.17) is 4.74 Å². The summed E-state index contributed by atoms with van der Waals surface area (Å²) in [5, 5.41) is 1.83. The van der Waals surface area contributed by atoms with E-state index >= 15 is 0 Å². The maximum atomic E-state index is 12.5. The second-order valence-corrected chi connectivity index (χ2v) is 7.54. The summed E-state index contributed by atoms with van der Waals surface area (Å²) in [5.74, 6) is -0.948. The molecule has 0 radical (unpaired) electrons. The topological polar surface area (TPSA) is 63.7 Å². The van der Waals surface area contributed by atoms with Crippen LogP contribution in [0.1, 0.15) is 32.9 Å². The van der Waals surface area contributed by atoms with E-state index in [2.05, 4.69) is 15.9 Å². The second kappa shape index (κ2) is 7.93. The van der Waals surface area contributed by atoms with E-state index < -0.39 is 12.0 Å². The van der Waals surface area contributed by atoms with Crippen LogP contribution in [0.15, 0.2) is 46.3 Å². The number of ketones is 1. The summed E-state index contributed by atoms with van der Waals surface area (Å²) in [7, 11) is 0. The van der Waals surface area contributed by atoms with Crippen LogP contribution >= 0.6 is 27.3 Å². The molecule has 1 aliphatic heterocycles. The van der Waals surface area contributed by atoms with Gasteiger partial charge in [-0.2, -0.15) is 0 Å². The van der Waals surface area contributed by atoms with Gasteiger partial charge in [-0.15, -0.1) is 11.3 Å². The van der Waals surface area contributed by atoms with Gasteiger partial charge in [-0.3, -0.25) is 9.59 Å². The molecule has 0 N–H and O–H groups in total. The van der Waals surface area contributed by atoms with Crippen molar-refractivity contribution in [1.29, 1.82) is 0 Å². The standard InChI is InChI=1S/C18H16BrNO4S/c19-13-7-5-12(6-8-13)15(21)11-24-18(23)14-3-1-9-20(14)17(22)16-4-2-10-25-16/h2,4-8,10,14H,1,3,9,11H2/t14-/m0/s1. The van der Waals surface area contributed by atoms with Crippen LogP contribution in [-0.4, -0.2) is 41.8 Å². The zero-order valence-corrected chi connectivity index (χ0v) is 15.7. The number of esters is 1. The first kappa shape index (κ1) is 17.8. The first-order valence-corrected chi connectivity index (χ1v) is 9.53. The molecule has 1 aromatic carbocycles. The zero-order chi connectivity index (χ0) is 17.8. The Morgan fingerprint density at radius 1 is 1.20 bits per heavy atom. The van der Waals surface area contributed by atoms with Crippen molar-refractivity contribution in [1.82, 2.24) is 4.90 Å². The lowest BCUT2D eigenvalue weighted by atomic mass is 10.1. The van der Waals surface area contributed by atoms with Crippen molar-refractivity contribution >= 4 is 44.9 Å². The molecular formula is C18H16BrNO4S. The smallest absolute Gasteiger partial charge is 0.329 e. The molecule has 1 amide bonds. The molecule has 0 saturated carbocycles. The van der Waals surface area contributed by atoms with E-state index in [1.54, 1.807) is 36.4 Å². The summed E-state index contributed by atoms with van der Waals surface area (Å²) in [4.78, 5) is 39.1. The van der Waals surface area contributed by atoms with Gasteiger partial charge < -0.3 is 9.64 Å². The number of amides is 1. The lowest BCUT2D eigenvalue weighted by Crippen LogP contribution is -2.41. The molecule has 2 heterocycles. The van der Waals surface area contributed by atoms with Crippen LogP contribution in [0.25, 0.3) is 0 Å². The molecule has 1 atom stereocenters. The van der Waals surface area contributed by atoms with Gasteiger partial charge >= 0.3 is 5.97 Å². The molecule has 25 heavy (non-hydrogen) atoms. The number of hydrogen-bond acceptors (Lipinski definition) is 5. The highest BCUT2D eigenvalue weighted by atomic mass is 79.9.